The van der Waals surface area contributed by atoms with Crippen LogP contribution in [0.25, 0.3) is 0 Å². The van der Waals surface area contributed by atoms with Gasteiger partial charge in [0, 0.05) is 38.1 Å². The molecule has 1 unspecified atom stereocenters. The lowest BCUT2D eigenvalue weighted by Crippen LogP contribution is -2.42. The van der Waals surface area contributed by atoms with E-state index in [-0.39, 0.29) is 6.10 Å². The molecule has 0 saturated carbocycles. The Hall–Kier alpha value is -2.28. The van der Waals surface area contributed by atoms with E-state index in [9.17, 15) is 0 Å². The van der Waals surface area contributed by atoms with Gasteiger partial charge in [0.25, 0.3) is 0 Å². The van der Waals surface area contributed by atoms with Crippen LogP contribution in [0.2, 0.25) is 0 Å². The molecule has 0 bridgehead atoms. The molecular weight excluding hydrogens is 344 g/mol. The lowest BCUT2D eigenvalue weighted by Gasteiger charge is -2.15. The van der Waals surface area contributed by atoms with Gasteiger partial charge in [0.05, 0.1) is 24.6 Å². The second-order valence-corrected chi connectivity index (χ2v) is 6.68. The topological polar surface area (TPSA) is 84.8 Å². The van der Waals surface area contributed by atoms with E-state index in [1.807, 2.05) is 12.1 Å². The van der Waals surface area contributed by atoms with Gasteiger partial charge in [-0.3, -0.25) is 0 Å². The van der Waals surface area contributed by atoms with Gasteiger partial charge in [-0.25, -0.2) is 4.99 Å². The Morgan fingerprint density at radius 1 is 1.30 bits per heavy atom. The number of nitrogens with zero attached hydrogens (tertiary/aromatic N) is 2. The van der Waals surface area contributed by atoms with Gasteiger partial charge in [-0.1, -0.05) is 19.0 Å². The van der Waals surface area contributed by atoms with Crippen LogP contribution in [0.3, 0.4) is 0 Å². The van der Waals surface area contributed by atoms with Crippen molar-refractivity contribution in [1.82, 2.24) is 15.8 Å². The summed E-state index contributed by atoms with van der Waals surface area (Å²) in [5, 5.41) is 11.0. The monoisotopic (exact) mass is 374 g/mol. The number of hydrogen-bond acceptors (Lipinski definition) is 5. The number of guanidine groups is 1. The molecule has 0 radical (unpaired) electrons. The normalized spacial score (nSPS) is 17.4. The maximum absolute atomic E-state index is 5.70. The summed E-state index contributed by atoms with van der Waals surface area (Å²) in [6, 6.07) is 3.89. The van der Waals surface area contributed by atoms with E-state index < -0.39 is 0 Å². The number of ether oxygens (including phenoxy) is 1. The molecule has 2 aromatic rings. The third-order valence-electron chi connectivity index (χ3n) is 4.77. The van der Waals surface area contributed by atoms with Crippen molar-refractivity contribution in [1.29, 1.82) is 0 Å². The number of nitrogens with one attached hydrogen (secondary N) is 2. The first-order valence-corrected chi connectivity index (χ1v) is 9.92. The van der Waals surface area contributed by atoms with Crippen LogP contribution in [0.1, 0.15) is 49.5 Å². The predicted octanol–water partition coefficient (Wildman–Crippen LogP) is 2.85. The minimum atomic E-state index is 0.259. The van der Waals surface area contributed by atoms with Gasteiger partial charge in [0.15, 0.2) is 5.96 Å². The van der Waals surface area contributed by atoms with Crippen LogP contribution in [0, 0.1) is 0 Å². The van der Waals surface area contributed by atoms with Gasteiger partial charge < -0.3 is 24.3 Å². The quantitative estimate of drug-likeness (QED) is 0.519. The van der Waals surface area contributed by atoms with E-state index in [0.29, 0.717) is 6.54 Å². The van der Waals surface area contributed by atoms with E-state index in [1.54, 1.807) is 6.26 Å². The molecule has 27 heavy (non-hydrogen) atoms. The van der Waals surface area contributed by atoms with Crippen molar-refractivity contribution >= 4 is 5.96 Å². The Bertz CT molecular complexity index is 681. The van der Waals surface area contributed by atoms with Crippen LogP contribution in [0.5, 0.6) is 0 Å². The average molecular weight is 374 g/mol. The summed E-state index contributed by atoms with van der Waals surface area (Å²) >= 11 is 0. The van der Waals surface area contributed by atoms with E-state index in [4.69, 9.17) is 18.7 Å². The standard InChI is InChI=1S/C20H30N4O3/c1-3-18-17(19(4-2)27-24-18)14-23-20(22-13-16-8-6-12-26-16)21-10-9-15-7-5-11-25-15/h5,7,11,16H,3-4,6,8-10,12-14H2,1-2H3,(H2,21,22,23). The van der Waals surface area contributed by atoms with Crippen LogP contribution in [-0.4, -0.2) is 36.9 Å². The number of aromatic nitrogens is 1. The fraction of sp³-hybridized carbons (Fsp3) is 0.600. The summed E-state index contributed by atoms with van der Waals surface area (Å²) in [6.45, 7) is 7.07. The van der Waals surface area contributed by atoms with Crippen molar-refractivity contribution in [3.05, 3.63) is 41.2 Å². The van der Waals surface area contributed by atoms with Crippen molar-refractivity contribution in [2.24, 2.45) is 4.99 Å². The summed E-state index contributed by atoms with van der Waals surface area (Å²) in [5.74, 6) is 2.66. The second-order valence-electron chi connectivity index (χ2n) is 6.68. The van der Waals surface area contributed by atoms with E-state index in [2.05, 4.69) is 29.6 Å². The largest absolute Gasteiger partial charge is 0.469 e. The highest BCUT2D eigenvalue weighted by atomic mass is 16.5. The highest BCUT2D eigenvalue weighted by Crippen LogP contribution is 2.17. The Labute approximate surface area is 160 Å². The molecule has 148 valence electrons. The third kappa shape index (κ3) is 5.60. The fourth-order valence-electron chi connectivity index (χ4n) is 3.22. The summed E-state index contributed by atoms with van der Waals surface area (Å²) < 4.78 is 16.5. The minimum Gasteiger partial charge on any atom is -0.469 e. The lowest BCUT2D eigenvalue weighted by molar-refractivity contribution is 0.114. The van der Waals surface area contributed by atoms with Crippen molar-refractivity contribution < 1.29 is 13.7 Å². The number of furan rings is 1. The molecule has 1 saturated heterocycles. The maximum Gasteiger partial charge on any atom is 0.191 e. The van der Waals surface area contributed by atoms with E-state index in [0.717, 1.165) is 80.5 Å². The summed E-state index contributed by atoms with van der Waals surface area (Å²) in [4.78, 5) is 4.77. The van der Waals surface area contributed by atoms with Crippen LogP contribution < -0.4 is 10.6 Å². The van der Waals surface area contributed by atoms with Crippen LogP contribution in [0.4, 0.5) is 0 Å². The highest BCUT2D eigenvalue weighted by Gasteiger charge is 2.16. The second kappa shape index (κ2) is 10.2. The van der Waals surface area contributed by atoms with Crippen LogP contribution in [0.15, 0.2) is 32.3 Å². The van der Waals surface area contributed by atoms with Gasteiger partial charge >= 0.3 is 0 Å². The molecule has 2 aromatic heterocycles. The van der Waals surface area contributed by atoms with Gasteiger partial charge in [-0.05, 0) is 31.4 Å². The molecular formula is C20H30N4O3. The first kappa shape index (κ1) is 19.5. The maximum atomic E-state index is 5.70. The Kier molecular flexibility index (Phi) is 7.33. The predicted molar refractivity (Wildman–Crippen MR) is 104 cm³/mol. The van der Waals surface area contributed by atoms with Crippen LogP contribution >= 0.6 is 0 Å². The Morgan fingerprint density at radius 3 is 2.93 bits per heavy atom. The zero-order chi connectivity index (χ0) is 18.9. The van der Waals surface area contributed by atoms with Crippen molar-refractivity contribution in [3.8, 4) is 0 Å². The molecule has 0 aliphatic carbocycles. The van der Waals surface area contributed by atoms with Gasteiger partial charge in [0.2, 0.25) is 0 Å². The molecule has 1 fully saturated rings. The summed E-state index contributed by atoms with van der Waals surface area (Å²) in [7, 11) is 0. The van der Waals surface area contributed by atoms with Crippen LogP contribution in [-0.2, 0) is 30.5 Å². The van der Waals surface area contributed by atoms with Crippen molar-refractivity contribution in [2.45, 2.75) is 58.6 Å². The molecule has 3 rings (SSSR count). The van der Waals surface area contributed by atoms with Gasteiger partial charge in [-0.2, -0.15) is 0 Å². The molecule has 7 heteroatoms. The summed E-state index contributed by atoms with van der Waals surface area (Å²) in [5.41, 5.74) is 2.09. The molecule has 2 N–H and O–H groups in total. The lowest BCUT2D eigenvalue weighted by atomic mass is 10.1. The molecule has 7 nitrogen and oxygen atoms in total. The first-order chi connectivity index (χ1) is 13.3. The third-order valence-corrected chi connectivity index (χ3v) is 4.77. The number of rotatable bonds is 9. The van der Waals surface area contributed by atoms with Crippen molar-refractivity contribution in [2.75, 3.05) is 19.7 Å². The van der Waals surface area contributed by atoms with Crippen molar-refractivity contribution in [3.63, 3.8) is 0 Å². The molecule has 1 aliphatic rings. The zero-order valence-corrected chi connectivity index (χ0v) is 16.3. The smallest absolute Gasteiger partial charge is 0.191 e. The molecule has 1 atom stereocenters. The number of aryl methyl sites for hydroxylation is 2. The SMILES string of the molecule is CCc1noc(CC)c1CN=C(NCCc1ccco1)NCC1CCCO1. The Balaban J connectivity index is 1.61. The Morgan fingerprint density at radius 2 is 2.22 bits per heavy atom. The highest BCUT2D eigenvalue weighted by molar-refractivity contribution is 5.79. The molecule has 0 amide bonds. The van der Waals surface area contributed by atoms with Gasteiger partial charge in [0.1, 0.15) is 11.5 Å². The molecule has 0 aromatic carbocycles. The van der Waals surface area contributed by atoms with E-state index >= 15 is 0 Å². The minimum absolute atomic E-state index is 0.259. The number of aliphatic imine (C=N–C) groups is 1. The average Bonchev–Trinajstić information content (AvgIpc) is 3.45. The fourth-order valence-corrected chi connectivity index (χ4v) is 3.22. The van der Waals surface area contributed by atoms with Gasteiger partial charge in [-0.15, -0.1) is 0 Å². The van der Waals surface area contributed by atoms with E-state index in [1.165, 1.54) is 0 Å². The summed E-state index contributed by atoms with van der Waals surface area (Å²) in [6.07, 6.45) is 6.66. The molecule has 1 aliphatic heterocycles. The number of hydrogen-bond donors (Lipinski definition) is 2. The first-order valence-electron chi connectivity index (χ1n) is 9.92. The zero-order valence-electron chi connectivity index (χ0n) is 16.3. The molecule has 0 spiro atoms. The molecule has 3 heterocycles.